The topological polar surface area (TPSA) is 23.6 Å². The van der Waals surface area contributed by atoms with Crippen LogP contribution in [0.3, 0.4) is 0 Å². The Bertz CT molecular complexity index is 700. The lowest BCUT2D eigenvalue weighted by Gasteiger charge is -2.34. The minimum absolute atomic E-state index is 0.0267. The van der Waals surface area contributed by atoms with Crippen LogP contribution in [-0.2, 0) is 17.8 Å². The first-order valence-corrected chi connectivity index (χ1v) is 8.72. The van der Waals surface area contributed by atoms with Crippen molar-refractivity contribution in [3.63, 3.8) is 0 Å². The van der Waals surface area contributed by atoms with E-state index in [0.717, 1.165) is 13.0 Å². The van der Waals surface area contributed by atoms with Crippen LogP contribution in [0.5, 0.6) is 0 Å². The number of nitrogens with zero attached hydrogens (tertiary/aromatic N) is 2. The molecular formula is C18H21FN2OS. The van der Waals surface area contributed by atoms with Crippen LogP contribution in [0.2, 0.25) is 0 Å². The summed E-state index contributed by atoms with van der Waals surface area (Å²) < 4.78 is 13.7. The Labute approximate surface area is 140 Å². The Kier molecular flexibility index (Phi) is 4.78. The SMILES string of the molecule is C[C@@H]1c2ccsc2CCN1CC(=O)N(C)Cc1ccccc1F. The van der Waals surface area contributed by atoms with E-state index < -0.39 is 0 Å². The van der Waals surface area contributed by atoms with Gasteiger partial charge < -0.3 is 4.90 Å². The highest BCUT2D eigenvalue weighted by Gasteiger charge is 2.27. The fourth-order valence-corrected chi connectivity index (χ4v) is 4.00. The molecular weight excluding hydrogens is 311 g/mol. The molecule has 0 saturated carbocycles. The summed E-state index contributed by atoms with van der Waals surface area (Å²) in [4.78, 5) is 17.7. The zero-order valence-corrected chi connectivity index (χ0v) is 14.3. The summed E-state index contributed by atoms with van der Waals surface area (Å²) in [6.45, 7) is 3.72. The highest BCUT2D eigenvalue weighted by atomic mass is 32.1. The zero-order chi connectivity index (χ0) is 16.4. The van der Waals surface area contributed by atoms with Crippen LogP contribution < -0.4 is 0 Å². The zero-order valence-electron chi connectivity index (χ0n) is 13.5. The van der Waals surface area contributed by atoms with Crippen molar-refractivity contribution < 1.29 is 9.18 Å². The second-order valence-corrected chi connectivity index (χ2v) is 7.04. The quantitative estimate of drug-likeness (QED) is 0.856. The monoisotopic (exact) mass is 332 g/mol. The summed E-state index contributed by atoms with van der Waals surface area (Å²) in [6, 6.07) is 9.02. The minimum atomic E-state index is -0.263. The third-order valence-electron chi connectivity index (χ3n) is 4.53. The minimum Gasteiger partial charge on any atom is -0.340 e. The molecule has 0 bridgehead atoms. The van der Waals surface area contributed by atoms with Crippen molar-refractivity contribution in [2.45, 2.75) is 25.9 Å². The standard InChI is InChI=1S/C18H21FN2OS/c1-13-15-8-10-23-17(15)7-9-21(13)12-18(22)20(2)11-14-5-3-4-6-16(14)19/h3-6,8,10,13H,7,9,11-12H2,1-2H3/t13-/m1/s1. The molecule has 3 rings (SSSR count). The number of rotatable bonds is 4. The molecule has 23 heavy (non-hydrogen) atoms. The van der Waals surface area contributed by atoms with Gasteiger partial charge in [0.2, 0.25) is 5.91 Å². The summed E-state index contributed by atoms with van der Waals surface area (Å²) >= 11 is 1.80. The van der Waals surface area contributed by atoms with Gasteiger partial charge in [0.1, 0.15) is 5.82 Å². The average molecular weight is 332 g/mol. The van der Waals surface area contributed by atoms with Crippen molar-refractivity contribution in [2.75, 3.05) is 20.1 Å². The van der Waals surface area contributed by atoms with Crippen molar-refractivity contribution in [3.8, 4) is 0 Å². The molecule has 1 aromatic carbocycles. The van der Waals surface area contributed by atoms with Gasteiger partial charge in [-0.25, -0.2) is 4.39 Å². The third kappa shape index (κ3) is 3.46. The number of hydrogen-bond acceptors (Lipinski definition) is 3. The fourth-order valence-electron chi connectivity index (χ4n) is 3.04. The number of hydrogen-bond donors (Lipinski definition) is 0. The molecule has 2 heterocycles. The van der Waals surface area contributed by atoms with Crippen LogP contribution >= 0.6 is 11.3 Å². The number of benzene rings is 1. The number of thiophene rings is 1. The van der Waals surface area contributed by atoms with Gasteiger partial charge in [-0.15, -0.1) is 11.3 Å². The van der Waals surface area contributed by atoms with Gasteiger partial charge in [-0.05, 0) is 36.4 Å². The van der Waals surface area contributed by atoms with Gasteiger partial charge in [-0.2, -0.15) is 0 Å². The Balaban J connectivity index is 1.62. The third-order valence-corrected chi connectivity index (χ3v) is 5.53. The smallest absolute Gasteiger partial charge is 0.236 e. The molecule has 0 spiro atoms. The van der Waals surface area contributed by atoms with E-state index in [1.807, 2.05) is 0 Å². The molecule has 1 atom stereocenters. The maximum Gasteiger partial charge on any atom is 0.236 e. The van der Waals surface area contributed by atoms with E-state index in [1.165, 1.54) is 16.5 Å². The predicted molar refractivity (Wildman–Crippen MR) is 90.9 cm³/mol. The van der Waals surface area contributed by atoms with E-state index >= 15 is 0 Å². The van der Waals surface area contributed by atoms with Gasteiger partial charge in [0, 0.05) is 36.6 Å². The number of carbonyl (C=O) groups is 1. The van der Waals surface area contributed by atoms with Crippen molar-refractivity contribution >= 4 is 17.2 Å². The molecule has 5 heteroatoms. The summed E-state index contributed by atoms with van der Waals surface area (Å²) in [6.07, 6.45) is 1.00. The second kappa shape index (κ2) is 6.81. The summed E-state index contributed by atoms with van der Waals surface area (Å²) in [5.41, 5.74) is 1.89. The molecule has 1 aliphatic rings. The number of fused-ring (bicyclic) bond motifs is 1. The van der Waals surface area contributed by atoms with Gasteiger partial charge >= 0.3 is 0 Å². The molecule has 3 nitrogen and oxygen atoms in total. The molecule has 0 radical (unpaired) electrons. The van der Waals surface area contributed by atoms with Crippen molar-refractivity contribution in [1.82, 2.24) is 9.80 Å². The first kappa shape index (κ1) is 16.1. The molecule has 2 aromatic rings. The number of carbonyl (C=O) groups excluding carboxylic acids is 1. The first-order chi connectivity index (χ1) is 11.1. The summed E-state index contributed by atoms with van der Waals surface area (Å²) in [7, 11) is 1.74. The number of likely N-dealkylation sites (N-methyl/N-ethyl adjacent to an activating group) is 1. The van der Waals surface area contributed by atoms with Crippen molar-refractivity contribution in [2.24, 2.45) is 0 Å². The van der Waals surface area contributed by atoms with Crippen LogP contribution in [0.4, 0.5) is 4.39 Å². The van der Waals surface area contributed by atoms with Gasteiger partial charge in [0.05, 0.1) is 6.54 Å². The summed E-state index contributed by atoms with van der Waals surface area (Å²) in [5, 5.41) is 2.12. The van der Waals surface area contributed by atoms with E-state index in [-0.39, 0.29) is 17.8 Å². The van der Waals surface area contributed by atoms with Gasteiger partial charge in [-0.3, -0.25) is 9.69 Å². The molecule has 122 valence electrons. The molecule has 1 amide bonds. The van der Waals surface area contributed by atoms with E-state index in [4.69, 9.17) is 0 Å². The molecule has 0 saturated heterocycles. The highest BCUT2D eigenvalue weighted by molar-refractivity contribution is 7.10. The van der Waals surface area contributed by atoms with Gasteiger partial charge in [0.25, 0.3) is 0 Å². The lowest BCUT2D eigenvalue weighted by atomic mass is 10.0. The van der Waals surface area contributed by atoms with Crippen LogP contribution in [0.25, 0.3) is 0 Å². The maximum atomic E-state index is 13.7. The molecule has 0 unspecified atom stereocenters. The second-order valence-electron chi connectivity index (χ2n) is 6.04. The molecule has 0 N–H and O–H groups in total. The van der Waals surface area contributed by atoms with Crippen LogP contribution in [0.1, 0.15) is 29.0 Å². The van der Waals surface area contributed by atoms with Crippen LogP contribution in [-0.4, -0.2) is 35.8 Å². The Morgan fingerprint density at radius 1 is 1.39 bits per heavy atom. The fraction of sp³-hybridized carbons (Fsp3) is 0.389. The average Bonchev–Trinajstić information content (AvgIpc) is 3.01. The normalized spacial score (nSPS) is 17.8. The lowest BCUT2D eigenvalue weighted by molar-refractivity contribution is -0.132. The van der Waals surface area contributed by atoms with Crippen LogP contribution in [0, 0.1) is 5.82 Å². The Hall–Kier alpha value is -1.72. The molecule has 0 aliphatic carbocycles. The van der Waals surface area contributed by atoms with Gasteiger partial charge in [-0.1, -0.05) is 18.2 Å². The largest absolute Gasteiger partial charge is 0.340 e. The number of amides is 1. The van der Waals surface area contributed by atoms with E-state index in [0.29, 0.717) is 18.7 Å². The summed E-state index contributed by atoms with van der Waals surface area (Å²) in [5.74, 6) is -0.236. The van der Waals surface area contributed by atoms with E-state index in [9.17, 15) is 9.18 Å². The number of halogens is 1. The Morgan fingerprint density at radius 2 is 2.17 bits per heavy atom. The van der Waals surface area contributed by atoms with E-state index in [2.05, 4.69) is 23.3 Å². The molecule has 0 fully saturated rings. The predicted octanol–water partition coefficient (Wildman–Crippen LogP) is 3.46. The van der Waals surface area contributed by atoms with E-state index in [1.54, 1.807) is 41.5 Å². The molecule has 1 aromatic heterocycles. The van der Waals surface area contributed by atoms with Crippen molar-refractivity contribution in [3.05, 3.63) is 57.5 Å². The van der Waals surface area contributed by atoms with Crippen LogP contribution in [0.15, 0.2) is 35.7 Å². The highest BCUT2D eigenvalue weighted by Crippen LogP contribution is 2.32. The maximum absolute atomic E-state index is 13.7. The van der Waals surface area contributed by atoms with Gasteiger partial charge in [0.15, 0.2) is 0 Å². The lowest BCUT2D eigenvalue weighted by Crippen LogP contribution is -2.42. The van der Waals surface area contributed by atoms with Crippen molar-refractivity contribution in [1.29, 1.82) is 0 Å². The Morgan fingerprint density at radius 3 is 2.96 bits per heavy atom. The molecule has 1 aliphatic heterocycles. The first-order valence-electron chi connectivity index (χ1n) is 7.84.